The molecule has 0 amide bonds. The van der Waals surface area contributed by atoms with Crippen molar-refractivity contribution in [3.63, 3.8) is 0 Å². The molecule has 0 aliphatic carbocycles. The molecule has 0 unspecified atom stereocenters. The van der Waals surface area contributed by atoms with Gasteiger partial charge in [0.25, 0.3) is 0 Å². The van der Waals surface area contributed by atoms with Gasteiger partial charge in [-0.25, -0.2) is 0 Å². The molecule has 7 rings (SSSR count). The Labute approximate surface area is 275 Å². The quantitative estimate of drug-likeness (QED) is 0.186. The van der Waals surface area contributed by atoms with E-state index in [2.05, 4.69) is 122 Å². The van der Waals surface area contributed by atoms with Gasteiger partial charge in [0, 0.05) is 55.0 Å². The minimum Gasteiger partial charge on any atom is -0.506 e. The van der Waals surface area contributed by atoms with Gasteiger partial charge in [0.2, 0.25) is 0 Å². The van der Waals surface area contributed by atoms with E-state index in [4.69, 9.17) is 0 Å². The third kappa shape index (κ3) is 5.25. The van der Waals surface area contributed by atoms with E-state index in [-0.39, 0.29) is 25.5 Å². The molecule has 0 saturated carbocycles. The zero-order valence-corrected chi connectivity index (χ0v) is 28.9. The second-order valence-electron chi connectivity index (χ2n) is 12.6. The predicted molar refractivity (Wildman–Crippen MR) is 178 cm³/mol. The predicted octanol–water partition coefficient (Wildman–Crippen LogP) is 9.32. The Morgan fingerprint density at radius 1 is 0.795 bits per heavy atom. The summed E-state index contributed by atoms with van der Waals surface area (Å²) in [6.45, 7) is 15.5. The van der Waals surface area contributed by atoms with Crippen LogP contribution in [0.25, 0.3) is 17.1 Å². The molecule has 0 bridgehead atoms. The van der Waals surface area contributed by atoms with Crippen LogP contribution < -0.4 is 9.80 Å². The number of rotatable bonds is 4. The first kappa shape index (κ1) is 31.6. The first-order valence-corrected chi connectivity index (χ1v) is 15.1. The van der Waals surface area contributed by atoms with Crippen molar-refractivity contribution in [2.24, 2.45) is 0 Å². The molecule has 0 fully saturated rings. The second-order valence-corrected chi connectivity index (χ2v) is 12.6. The van der Waals surface area contributed by atoms with E-state index in [0.29, 0.717) is 17.6 Å². The molecular formula is C38H40IrN4O-2. The summed E-state index contributed by atoms with van der Waals surface area (Å²) in [4.78, 5) is 8.81. The molecule has 1 radical (unpaired) electrons. The monoisotopic (exact) mass is 761 g/mol. The molecule has 44 heavy (non-hydrogen) atoms. The second kappa shape index (κ2) is 12.3. The number of fused-ring (bicyclic) bond motifs is 2. The molecule has 1 N–H and O–H groups in total. The summed E-state index contributed by atoms with van der Waals surface area (Å²) in [5.74, 6) is 2.19. The van der Waals surface area contributed by atoms with E-state index in [1.165, 1.54) is 33.8 Å². The van der Waals surface area contributed by atoms with Gasteiger partial charge in [-0.05, 0) is 53.3 Å². The van der Waals surface area contributed by atoms with E-state index >= 15 is 0 Å². The number of anilines is 3. The van der Waals surface area contributed by atoms with E-state index in [1.54, 1.807) is 6.07 Å². The average Bonchev–Trinajstić information content (AvgIpc) is 3.62. The van der Waals surface area contributed by atoms with Crippen LogP contribution in [0, 0.1) is 12.7 Å². The zero-order chi connectivity index (χ0) is 30.5. The number of nitrogens with zero attached hydrogens (tertiary/aromatic N) is 4. The molecule has 5 nitrogen and oxygen atoms in total. The number of hydrogen-bond donors (Lipinski definition) is 1. The number of aromatic hydroxyl groups is 1. The van der Waals surface area contributed by atoms with E-state index in [9.17, 15) is 5.11 Å². The fourth-order valence-corrected chi connectivity index (χ4v) is 6.48. The molecule has 4 aromatic carbocycles. The van der Waals surface area contributed by atoms with Gasteiger partial charge in [-0.2, -0.15) is 0 Å². The van der Waals surface area contributed by atoms with Crippen molar-refractivity contribution in [1.29, 1.82) is 0 Å². The van der Waals surface area contributed by atoms with Crippen LogP contribution in [-0.2, 0) is 25.5 Å². The smallest absolute Gasteiger partial charge is 0.137 e. The molecule has 5 aromatic rings. The first-order chi connectivity index (χ1) is 20.6. The number of hydrogen-bond acceptors (Lipinski definition) is 4. The minimum atomic E-state index is -0.116. The Morgan fingerprint density at radius 3 is 2.07 bits per heavy atom. The molecule has 2 aliphatic rings. The van der Waals surface area contributed by atoms with Gasteiger partial charge in [0.05, 0.1) is 11.5 Å². The number of para-hydroxylation sites is 3. The van der Waals surface area contributed by atoms with Crippen molar-refractivity contribution in [3.8, 4) is 22.8 Å². The summed E-state index contributed by atoms with van der Waals surface area (Å²) in [7, 11) is 2.04. The molecule has 6 heteroatoms. The third-order valence-corrected chi connectivity index (χ3v) is 8.70. The molecule has 1 aromatic heterocycles. The Balaban J connectivity index is 0.000000172. The molecule has 2 aliphatic heterocycles. The zero-order valence-electron chi connectivity index (χ0n) is 26.5. The summed E-state index contributed by atoms with van der Waals surface area (Å²) in [5, 5.41) is 10.3. The summed E-state index contributed by atoms with van der Waals surface area (Å²) >= 11 is 0. The fraction of sp³-hybridized carbons (Fsp3) is 0.263. The molecule has 229 valence electrons. The van der Waals surface area contributed by atoms with Crippen LogP contribution in [0.15, 0.2) is 91.3 Å². The van der Waals surface area contributed by atoms with Crippen LogP contribution in [0.5, 0.6) is 5.75 Å². The summed E-state index contributed by atoms with van der Waals surface area (Å²) in [6, 6.07) is 30.1. The number of imidazole rings is 1. The fourth-order valence-electron chi connectivity index (χ4n) is 6.48. The maximum Gasteiger partial charge on any atom is 0.137 e. The van der Waals surface area contributed by atoms with E-state index < -0.39 is 0 Å². The van der Waals surface area contributed by atoms with E-state index in [0.717, 1.165) is 22.6 Å². The maximum absolute atomic E-state index is 10.3. The van der Waals surface area contributed by atoms with Crippen LogP contribution in [0.2, 0.25) is 0 Å². The van der Waals surface area contributed by atoms with Crippen molar-refractivity contribution in [3.05, 3.63) is 126 Å². The van der Waals surface area contributed by atoms with Crippen molar-refractivity contribution < 1.29 is 25.2 Å². The van der Waals surface area contributed by atoms with Gasteiger partial charge in [0.1, 0.15) is 5.75 Å². The van der Waals surface area contributed by atoms with Gasteiger partial charge in [-0.15, -0.1) is 42.6 Å². The molecule has 0 saturated heterocycles. The number of phenolic OH excluding ortho intramolecular Hbond substituents is 1. The van der Waals surface area contributed by atoms with Crippen LogP contribution >= 0.6 is 0 Å². The standard InChI is InChI=1S/C21H23N2.C17H17N2O.Ir/c1-15(2)18-11-8-12-19(16(3)4)20(18)23-14-13-22-21(23)17-9-6-5-7-10-17;1-17(2)11-6-4-8-13-15(11)19(10-18(13)3)16-12(17)7-5-9-14(16)20;/h5-9,11-16H,1-4H3;4-10,20H,1-3H3;/q2*-1;. The average molecular weight is 761 g/mol. The normalized spacial score (nSPS) is 14.1. The summed E-state index contributed by atoms with van der Waals surface area (Å²) in [6.07, 6.45) is 3.93. The Bertz CT molecular complexity index is 1750. The minimum absolute atomic E-state index is 0. The summed E-state index contributed by atoms with van der Waals surface area (Å²) < 4.78 is 2.22. The van der Waals surface area contributed by atoms with E-state index in [1.807, 2.05) is 44.2 Å². The SMILES string of the molecule is CC(C)c1cccc(C(C)C)c1-n1ccnc1-c1[c-]cccc1.CN1[CH-]N2c3c(O)cccc3C(C)(C)c3cccc1c32.[Ir]. The maximum atomic E-state index is 10.3. The molecular weight excluding hydrogens is 721 g/mol. The van der Waals surface area contributed by atoms with Crippen LogP contribution in [0.1, 0.15) is 75.6 Å². The van der Waals surface area contributed by atoms with Crippen molar-refractivity contribution in [2.75, 3.05) is 16.8 Å². The van der Waals surface area contributed by atoms with Crippen LogP contribution in [0.3, 0.4) is 0 Å². The molecule has 0 spiro atoms. The third-order valence-electron chi connectivity index (χ3n) is 8.70. The van der Waals surface area contributed by atoms with Crippen molar-refractivity contribution in [2.45, 2.75) is 58.8 Å². The Morgan fingerprint density at radius 2 is 1.43 bits per heavy atom. The van der Waals surface area contributed by atoms with Gasteiger partial charge in [0.15, 0.2) is 0 Å². The topological polar surface area (TPSA) is 44.5 Å². The van der Waals surface area contributed by atoms with Crippen molar-refractivity contribution >= 4 is 17.1 Å². The van der Waals surface area contributed by atoms with Crippen LogP contribution in [0.4, 0.5) is 17.1 Å². The number of phenols is 1. The Hall–Kier alpha value is -3.86. The van der Waals surface area contributed by atoms with Gasteiger partial charge in [-0.1, -0.05) is 84.0 Å². The van der Waals surface area contributed by atoms with Gasteiger partial charge >= 0.3 is 0 Å². The largest absolute Gasteiger partial charge is 0.506 e. The molecule has 3 heterocycles. The number of benzene rings is 4. The van der Waals surface area contributed by atoms with Gasteiger partial charge in [-0.3, -0.25) is 4.98 Å². The first-order valence-electron chi connectivity index (χ1n) is 15.1. The summed E-state index contributed by atoms with van der Waals surface area (Å²) in [5.41, 5.74) is 10.6. The molecule has 0 atom stereocenters. The van der Waals surface area contributed by atoms with Gasteiger partial charge < -0.3 is 19.5 Å². The van der Waals surface area contributed by atoms with Crippen molar-refractivity contribution in [1.82, 2.24) is 9.55 Å². The van der Waals surface area contributed by atoms with Crippen LogP contribution in [-0.4, -0.2) is 21.7 Å². The Kier molecular flexibility index (Phi) is 8.80. The number of aromatic nitrogens is 2.